The third kappa shape index (κ3) is 5.46. The lowest BCUT2D eigenvalue weighted by Crippen LogP contribution is -2.41. The number of benzene rings is 2. The summed E-state index contributed by atoms with van der Waals surface area (Å²) in [7, 11) is 4.30. The van der Waals surface area contributed by atoms with Crippen LogP contribution >= 0.6 is 0 Å². The Morgan fingerprint density at radius 3 is 2.36 bits per heavy atom. The molecular weight excluding hydrogens is 416 g/mol. The summed E-state index contributed by atoms with van der Waals surface area (Å²) in [5.74, 6) is 0.126. The molecule has 1 saturated heterocycles. The van der Waals surface area contributed by atoms with Crippen LogP contribution in [-0.4, -0.2) is 59.3 Å². The van der Waals surface area contributed by atoms with Crippen molar-refractivity contribution in [3.05, 3.63) is 70.9 Å². The lowest BCUT2D eigenvalue weighted by atomic mass is 10.0. The van der Waals surface area contributed by atoms with Gasteiger partial charge in [0, 0.05) is 37.8 Å². The molecule has 174 valence electrons. The van der Waals surface area contributed by atoms with Crippen LogP contribution in [0.1, 0.15) is 40.0 Å². The van der Waals surface area contributed by atoms with E-state index in [1.807, 2.05) is 12.1 Å². The SMILES string of the molecule is CN(C)C1CCN(c2ccc(Cc3[nH]nc(NCc4ccc(O)cc4)c3C(N)=O)cc2)CC1. The van der Waals surface area contributed by atoms with Crippen LogP contribution < -0.4 is 16.0 Å². The van der Waals surface area contributed by atoms with Crippen molar-refractivity contribution in [3.63, 3.8) is 0 Å². The Labute approximate surface area is 194 Å². The molecule has 4 rings (SSSR count). The van der Waals surface area contributed by atoms with Gasteiger partial charge in [0.15, 0.2) is 5.82 Å². The van der Waals surface area contributed by atoms with Gasteiger partial charge < -0.3 is 26.0 Å². The maximum Gasteiger partial charge on any atom is 0.254 e. The Bertz CT molecular complexity index is 1070. The van der Waals surface area contributed by atoms with E-state index in [1.54, 1.807) is 12.1 Å². The average molecular weight is 449 g/mol. The standard InChI is InChI=1S/C25H32N6O2/c1-30(2)19-11-13-31(14-12-19)20-7-3-17(4-8-20)15-22-23(24(26)33)25(29-28-22)27-16-18-5-9-21(32)10-6-18/h3-10,19,32H,11-16H2,1-2H3,(H2,26,33)(H2,27,28,29). The van der Waals surface area contributed by atoms with E-state index in [-0.39, 0.29) is 5.75 Å². The van der Waals surface area contributed by atoms with Crippen molar-refractivity contribution in [2.24, 2.45) is 5.73 Å². The first kappa shape index (κ1) is 22.7. The van der Waals surface area contributed by atoms with Crippen LogP contribution in [0.5, 0.6) is 5.75 Å². The molecule has 1 aromatic heterocycles. The van der Waals surface area contributed by atoms with E-state index < -0.39 is 5.91 Å². The number of anilines is 2. The summed E-state index contributed by atoms with van der Waals surface area (Å²) >= 11 is 0. The number of amides is 1. The molecule has 33 heavy (non-hydrogen) atoms. The van der Waals surface area contributed by atoms with Gasteiger partial charge >= 0.3 is 0 Å². The van der Waals surface area contributed by atoms with Gasteiger partial charge in [0.05, 0.1) is 5.69 Å². The number of phenolic OH excluding ortho intramolecular Hbond substituents is 1. The van der Waals surface area contributed by atoms with Crippen molar-refractivity contribution in [1.29, 1.82) is 0 Å². The van der Waals surface area contributed by atoms with Crippen molar-refractivity contribution in [2.45, 2.75) is 31.8 Å². The molecular formula is C25H32N6O2. The summed E-state index contributed by atoms with van der Waals surface area (Å²) in [6, 6.07) is 16.0. The third-order valence-corrected chi connectivity index (χ3v) is 6.36. The molecule has 3 aromatic rings. The minimum atomic E-state index is -0.521. The smallest absolute Gasteiger partial charge is 0.254 e. The summed E-state index contributed by atoms with van der Waals surface area (Å²) in [6.07, 6.45) is 2.88. The highest BCUT2D eigenvalue weighted by Crippen LogP contribution is 2.24. The fourth-order valence-electron chi connectivity index (χ4n) is 4.37. The number of rotatable bonds is 8. The van der Waals surface area contributed by atoms with Crippen LogP contribution in [0.15, 0.2) is 48.5 Å². The number of hydrogen-bond donors (Lipinski definition) is 4. The molecule has 0 atom stereocenters. The number of aromatic hydroxyl groups is 1. The Hall–Kier alpha value is -3.52. The topological polar surface area (TPSA) is 111 Å². The van der Waals surface area contributed by atoms with E-state index in [9.17, 15) is 9.90 Å². The minimum Gasteiger partial charge on any atom is -0.508 e. The van der Waals surface area contributed by atoms with E-state index in [0.29, 0.717) is 36.1 Å². The maximum atomic E-state index is 12.2. The first-order valence-electron chi connectivity index (χ1n) is 11.3. The number of aromatic nitrogens is 2. The van der Waals surface area contributed by atoms with Crippen LogP contribution in [0.4, 0.5) is 11.5 Å². The maximum absolute atomic E-state index is 12.2. The number of aromatic amines is 1. The van der Waals surface area contributed by atoms with Crippen LogP contribution in [0.25, 0.3) is 0 Å². The predicted octanol–water partition coefficient (Wildman–Crippen LogP) is 2.95. The zero-order valence-corrected chi connectivity index (χ0v) is 19.2. The van der Waals surface area contributed by atoms with Gasteiger partial charge in [-0.15, -0.1) is 0 Å². The molecule has 8 nitrogen and oxygen atoms in total. The lowest BCUT2D eigenvalue weighted by Gasteiger charge is -2.36. The van der Waals surface area contributed by atoms with Crippen LogP contribution in [0.3, 0.4) is 0 Å². The van der Waals surface area contributed by atoms with Crippen molar-refractivity contribution >= 4 is 17.4 Å². The molecule has 0 unspecified atom stereocenters. The number of phenols is 1. The monoisotopic (exact) mass is 448 g/mol. The van der Waals surface area contributed by atoms with Crippen LogP contribution in [0, 0.1) is 0 Å². The van der Waals surface area contributed by atoms with Gasteiger partial charge in [-0.25, -0.2) is 0 Å². The third-order valence-electron chi connectivity index (χ3n) is 6.36. The van der Waals surface area contributed by atoms with E-state index in [1.165, 1.54) is 18.5 Å². The average Bonchev–Trinajstić information content (AvgIpc) is 3.22. The molecule has 1 fully saturated rings. The highest BCUT2D eigenvalue weighted by molar-refractivity contribution is 5.99. The fraction of sp³-hybridized carbons (Fsp3) is 0.360. The molecule has 5 N–H and O–H groups in total. The van der Waals surface area contributed by atoms with Crippen LogP contribution in [-0.2, 0) is 13.0 Å². The van der Waals surface area contributed by atoms with Gasteiger partial charge in [-0.3, -0.25) is 9.89 Å². The van der Waals surface area contributed by atoms with Crippen LogP contribution in [0.2, 0.25) is 0 Å². The number of nitrogens with two attached hydrogens (primary N) is 1. The number of H-pyrrole nitrogens is 1. The lowest BCUT2D eigenvalue weighted by molar-refractivity contribution is 0.100. The van der Waals surface area contributed by atoms with Gasteiger partial charge in [0.1, 0.15) is 11.3 Å². The molecule has 2 heterocycles. The first-order valence-corrected chi connectivity index (χ1v) is 11.3. The Balaban J connectivity index is 1.41. The van der Waals surface area contributed by atoms with E-state index >= 15 is 0 Å². The summed E-state index contributed by atoms with van der Waals surface area (Å²) < 4.78 is 0. The van der Waals surface area contributed by atoms with Crippen molar-refractivity contribution in [2.75, 3.05) is 37.4 Å². The van der Waals surface area contributed by atoms with E-state index in [2.05, 4.69) is 63.7 Å². The first-order chi connectivity index (χ1) is 15.9. The molecule has 2 aromatic carbocycles. The largest absolute Gasteiger partial charge is 0.508 e. The Morgan fingerprint density at radius 2 is 1.76 bits per heavy atom. The molecule has 0 spiro atoms. The zero-order valence-electron chi connectivity index (χ0n) is 19.2. The summed E-state index contributed by atoms with van der Waals surface area (Å²) in [6.45, 7) is 2.58. The van der Waals surface area contributed by atoms with Gasteiger partial charge in [-0.1, -0.05) is 24.3 Å². The molecule has 1 amide bonds. The van der Waals surface area contributed by atoms with E-state index in [4.69, 9.17) is 5.73 Å². The fourth-order valence-corrected chi connectivity index (χ4v) is 4.37. The Kier molecular flexibility index (Phi) is 6.84. The summed E-state index contributed by atoms with van der Waals surface area (Å²) in [5, 5.41) is 19.8. The second-order valence-electron chi connectivity index (χ2n) is 8.84. The van der Waals surface area contributed by atoms with Gasteiger partial charge in [-0.2, -0.15) is 5.10 Å². The quantitative estimate of drug-likeness (QED) is 0.422. The predicted molar refractivity (Wildman–Crippen MR) is 131 cm³/mol. The van der Waals surface area contributed by atoms with Crippen molar-refractivity contribution in [1.82, 2.24) is 15.1 Å². The normalized spacial score (nSPS) is 14.6. The molecule has 0 saturated carbocycles. The summed E-state index contributed by atoms with van der Waals surface area (Å²) in [5.41, 5.74) is 10.0. The molecule has 0 aliphatic carbocycles. The van der Waals surface area contributed by atoms with Gasteiger partial charge in [-0.05, 0) is 62.3 Å². The highest BCUT2D eigenvalue weighted by atomic mass is 16.3. The number of piperidine rings is 1. The van der Waals surface area contributed by atoms with E-state index in [0.717, 1.165) is 24.2 Å². The summed E-state index contributed by atoms with van der Waals surface area (Å²) in [4.78, 5) is 16.9. The van der Waals surface area contributed by atoms with Gasteiger partial charge in [0.25, 0.3) is 5.91 Å². The van der Waals surface area contributed by atoms with Crippen molar-refractivity contribution < 1.29 is 9.90 Å². The minimum absolute atomic E-state index is 0.211. The highest BCUT2D eigenvalue weighted by Gasteiger charge is 2.21. The van der Waals surface area contributed by atoms with Crippen molar-refractivity contribution in [3.8, 4) is 5.75 Å². The number of hydrogen-bond acceptors (Lipinski definition) is 6. The number of carbonyl (C=O) groups is 1. The zero-order chi connectivity index (χ0) is 23.4. The Morgan fingerprint density at radius 1 is 1.12 bits per heavy atom. The number of primary amides is 1. The molecule has 0 radical (unpaired) electrons. The molecule has 1 aliphatic heterocycles. The number of nitrogens with zero attached hydrogens (tertiary/aromatic N) is 3. The second kappa shape index (κ2) is 9.95. The molecule has 8 heteroatoms. The number of carbonyl (C=O) groups excluding carboxylic acids is 1. The second-order valence-corrected chi connectivity index (χ2v) is 8.84. The number of nitrogens with one attached hydrogen (secondary N) is 2. The van der Waals surface area contributed by atoms with Gasteiger partial charge in [0.2, 0.25) is 0 Å². The molecule has 0 bridgehead atoms. The molecule has 1 aliphatic rings.